The Balaban J connectivity index is 2.39. The molecule has 1 aliphatic carbocycles. The molecule has 1 saturated carbocycles. The molecular formula is C11H21NO4. The van der Waals surface area contributed by atoms with Crippen LogP contribution in [0.15, 0.2) is 0 Å². The maximum Gasteiger partial charge on any atom is 0.407 e. The minimum absolute atomic E-state index is 0.214. The van der Waals surface area contributed by atoms with Gasteiger partial charge in [-0.05, 0) is 40.0 Å². The quantitative estimate of drug-likeness (QED) is 0.623. The Morgan fingerprint density at radius 3 is 2.12 bits per heavy atom. The molecule has 0 radical (unpaired) electrons. The third-order valence-corrected chi connectivity index (χ3v) is 2.38. The number of carbonyl (C=O) groups is 1. The summed E-state index contributed by atoms with van der Waals surface area (Å²) in [6, 6.07) is -0.214. The van der Waals surface area contributed by atoms with Crippen LogP contribution in [0.25, 0.3) is 0 Å². The van der Waals surface area contributed by atoms with Crippen LogP contribution in [-0.4, -0.2) is 40.2 Å². The molecule has 94 valence electrons. The maximum absolute atomic E-state index is 11.4. The Kier molecular flexibility index (Phi) is 4.15. The summed E-state index contributed by atoms with van der Waals surface area (Å²) in [5.41, 5.74) is -0.532. The fourth-order valence-corrected chi connectivity index (χ4v) is 1.85. The van der Waals surface area contributed by atoms with E-state index in [4.69, 9.17) is 4.74 Å². The van der Waals surface area contributed by atoms with Gasteiger partial charge >= 0.3 is 6.09 Å². The normalized spacial score (nSPS) is 30.9. The molecule has 1 aliphatic rings. The number of hydrogen-bond acceptors (Lipinski definition) is 4. The third kappa shape index (κ3) is 4.81. The number of rotatable bonds is 1. The largest absolute Gasteiger partial charge is 0.444 e. The lowest BCUT2D eigenvalue weighted by Gasteiger charge is -2.31. The van der Waals surface area contributed by atoms with Gasteiger partial charge in [-0.15, -0.1) is 0 Å². The predicted molar refractivity (Wildman–Crippen MR) is 59.0 cm³/mol. The molecule has 5 nitrogen and oxygen atoms in total. The molecule has 5 heteroatoms. The van der Waals surface area contributed by atoms with E-state index in [1.807, 2.05) is 0 Å². The Morgan fingerprint density at radius 1 is 1.19 bits per heavy atom. The molecule has 1 amide bonds. The Bertz CT molecular complexity index is 239. The topological polar surface area (TPSA) is 78.8 Å². The van der Waals surface area contributed by atoms with Gasteiger partial charge in [-0.1, -0.05) is 0 Å². The number of amides is 1. The van der Waals surface area contributed by atoms with Gasteiger partial charge in [0.2, 0.25) is 0 Å². The van der Waals surface area contributed by atoms with Crippen molar-refractivity contribution >= 4 is 6.09 Å². The van der Waals surface area contributed by atoms with Crippen LogP contribution in [0.1, 0.15) is 40.0 Å². The van der Waals surface area contributed by atoms with E-state index in [2.05, 4.69) is 5.32 Å². The molecule has 1 rings (SSSR count). The average molecular weight is 231 g/mol. The second-order valence-corrected chi connectivity index (χ2v) is 5.36. The third-order valence-electron chi connectivity index (χ3n) is 2.38. The van der Waals surface area contributed by atoms with Gasteiger partial charge in [0, 0.05) is 6.04 Å². The molecule has 0 saturated heterocycles. The van der Waals surface area contributed by atoms with Gasteiger partial charge in [-0.25, -0.2) is 4.79 Å². The van der Waals surface area contributed by atoms with Crippen LogP contribution in [-0.2, 0) is 4.74 Å². The fraction of sp³-hybridized carbons (Fsp3) is 0.909. The van der Waals surface area contributed by atoms with E-state index >= 15 is 0 Å². The number of aliphatic hydroxyl groups is 2. The van der Waals surface area contributed by atoms with E-state index in [0.717, 1.165) is 0 Å². The first kappa shape index (κ1) is 13.3. The summed E-state index contributed by atoms with van der Waals surface area (Å²) in [7, 11) is 0. The first-order chi connectivity index (χ1) is 7.26. The molecule has 1 unspecified atom stereocenters. The van der Waals surface area contributed by atoms with Crippen molar-refractivity contribution in [3.8, 4) is 0 Å². The Labute approximate surface area is 95.8 Å². The summed E-state index contributed by atoms with van der Waals surface area (Å²) in [6.07, 6.45) is -0.287. The van der Waals surface area contributed by atoms with Crippen molar-refractivity contribution in [2.24, 2.45) is 0 Å². The van der Waals surface area contributed by atoms with Gasteiger partial charge < -0.3 is 20.3 Å². The van der Waals surface area contributed by atoms with Crippen molar-refractivity contribution in [1.82, 2.24) is 5.32 Å². The summed E-state index contributed by atoms with van der Waals surface area (Å²) in [5, 5.41) is 21.5. The summed E-state index contributed by atoms with van der Waals surface area (Å²) in [5.74, 6) is 0. The molecular weight excluding hydrogens is 210 g/mol. The van der Waals surface area contributed by atoms with Gasteiger partial charge in [0.25, 0.3) is 0 Å². The highest BCUT2D eigenvalue weighted by atomic mass is 16.6. The molecule has 0 aromatic heterocycles. The molecule has 3 N–H and O–H groups in total. The zero-order chi connectivity index (χ0) is 12.3. The second-order valence-electron chi connectivity index (χ2n) is 5.36. The Morgan fingerprint density at radius 2 is 1.69 bits per heavy atom. The molecule has 16 heavy (non-hydrogen) atoms. The number of alkyl carbamates (subject to hydrolysis) is 1. The van der Waals surface area contributed by atoms with Gasteiger partial charge in [-0.3, -0.25) is 0 Å². The van der Waals surface area contributed by atoms with Crippen LogP contribution in [0.4, 0.5) is 4.79 Å². The lowest BCUT2D eigenvalue weighted by atomic mass is 9.91. The number of aliphatic hydroxyl groups excluding tert-OH is 2. The molecule has 1 fully saturated rings. The minimum Gasteiger partial charge on any atom is -0.444 e. The molecule has 3 atom stereocenters. The summed E-state index contributed by atoms with van der Waals surface area (Å²) in [6.45, 7) is 5.37. The number of ether oxygens (including phenoxy) is 1. The summed E-state index contributed by atoms with van der Waals surface area (Å²) in [4.78, 5) is 11.4. The number of carbonyl (C=O) groups excluding carboxylic acids is 1. The van der Waals surface area contributed by atoms with Gasteiger partial charge in [0.1, 0.15) is 5.60 Å². The van der Waals surface area contributed by atoms with E-state index in [0.29, 0.717) is 19.3 Å². The maximum atomic E-state index is 11.4. The second kappa shape index (κ2) is 5.01. The minimum atomic E-state index is -0.552. The molecule has 0 spiro atoms. The van der Waals surface area contributed by atoms with Crippen LogP contribution >= 0.6 is 0 Å². The first-order valence-electron chi connectivity index (χ1n) is 5.62. The van der Waals surface area contributed by atoms with E-state index < -0.39 is 23.9 Å². The zero-order valence-electron chi connectivity index (χ0n) is 10.1. The van der Waals surface area contributed by atoms with Crippen LogP contribution in [0, 0.1) is 0 Å². The van der Waals surface area contributed by atoms with Crippen molar-refractivity contribution in [2.45, 2.75) is 63.9 Å². The number of nitrogens with one attached hydrogen (secondary N) is 1. The van der Waals surface area contributed by atoms with E-state index in [9.17, 15) is 15.0 Å². The molecule has 0 heterocycles. The Hall–Kier alpha value is -0.810. The van der Waals surface area contributed by atoms with Gasteiger partial charge in [0.15, 0.2) is 0 Å². The molecule has 0 bridgehead atoms. The van der Waals surface area contributed by atoms with Crippen molar-refractivity contribution in [2.75, 3.05) is 0 Å². The average Bonchev–Trinajstić information content (AvgIpc) is 1.96. The highest BCUT2D eigenvalue weighted by molar-refractivity contribution is 5.68. The number of hydrogen-bond donors (Lipinski definition) is 3. The monoisotopic (exact) mass is 231 g/mol. The lowest BCUT2D eigenvalue weighted by molar-refractivity contribution is 0.0164. The van der Waals surface area contributed by atoms with Crippen molar-refractivity contribution in [1.29, 1.82) is 0 Å². The highest BCUT2D eigenvalue weighted by Gasteiger charge is 2.28. The van der Waals surface area contributed by atoms with Crippen molar-refractivity contribution in [3.63, 3.8) is 0 Å². The highest BCUT2D eigenvalue weighted by Crippen LogP contribution is 2.19. The van der Waals surface area contributed by atoms with Crippen LogP contribution in [0.2, 0.25) is 0 Å². The first-order valence-corrected chi connectivity index (χ1v) is 5.62. The van der Waals surface area contributed by atoms with Gasteiger partial charge in [0.05, 0.1) is 12.2 Å². The van der Waals surface area contributed by atoms with Crippen LogP contribution < -0.4 is 5.32 Å². The molecule has 0 aromatic carbocycles. The lowest BCUT2D eigenvalue weighted by Crippen LogP contribution is -2.45. The van der Waals surface area contributed by atoms with E-state index in [-0.39, 0.29) is 6.04 Å². The van der Waals surface area contributed by atoms with Gasteiger partial charge in [-0.2, -0.15) is 0 Å². The summed E-state index contributed by atoms with van der Waals surface area (Å²) >= 11 is 0. The smallest absolute Gasteiger partial charge is 0.407 e. The summed E-state index contributed by atoms with van der Waals surface area (Å²) < 4.78 is 5.10. The predicted octanol–water partition coefficient (Wildman–Crippen LogP) is 0.785. The van der Waals surface area contributed by atoms with Crippen LogP contribution in [0.3, 0.4) is 0 Å². The zero-order valence-corrected chi connectivity index (χ0v) is 10.1. The van der Waals surface area contributed by atoms with Crippen molar-refractivity contribution < 1.29 is 19.7 Å². The van der Waals surface area contributed by atoms with Crippen molar-refractivity contribution in [3.05, 3.63) is 0 Å². The van der Waals surface area contributed by atoms with Crippen LogP contribution in [0.5, 0.6) is 0 Å². The van der Waals surface area contributed by atoms with E-state index in [1.54, 1.807) is 20.8 Å². The standard InChI is InChI=1S/C11H21NO4/c1-11(2,3)16-10(15)12-7-4-8(13)6-9(14)5-7/h7-9,13-14H,4-6H2,1-3H3,(H,12,15)/t7?,8-,9+. The fourth-order valence-electron chi connectivity index (χ4n) is 1.85. The SMILES string of the molecule is CC(C)(C)OC(=O)NC1C[C@@H](O)C[C@@H](O)C1. The molecule has 0 aromatic rings. The molecule has 0 aliphatic heterocycles. The van der Waals surface area contributed by atoms with E-state index in [1.165, 1.54) is 0 Å².